The number of carbonyl (C=O) groups is 1. The maximum atomic E-state index is 11.4. The Morgan fingerprint density at radius 1 is 1.33 bits per heavy atom. The molecule has 0 spiro atoms. The highest BCUT2D eigenvalue weighted by Crippen LogP contribution is 2.16. The minimum Gasteiger partial charge on any atom is -0.296 e. The van der Waals surface area contributed by atoms with Gasteiger partial charge in [-0.1, -0.05) is 13.1 Å². The lowest BCUT2D eigenvalue weighted by Gasteiger charge is -2.05. The molecule has 0 N–H and O–H groups in total. The van der Waals surface area contributed by atoms with Crippen LogP contribution in [0.2, 0.25) is 13.1 Å². The Morgan fingerprint density at radius 2 is 1.67 bits per heavy atom. The summed E-state index contributed by atoms with van der Waals surface area (Å²) in [5.41, 5.74) is 0. The van der Waals surface area contributed by atoms with Crippen molar-refractivity contribution in [1.29, 1.82) is 0 Å². The van der Waals surface area contributed by atoms with Crippen molar-refractivity contribution in [1.82, 2.24) is 0 Å². The van der Waals surface area contributed by atoms with Gasteiger partial charge in [0.15, 0.2) is 0 Å². The van der Waals surface area contributed by atoms with Crippen molar-refractivity contribution in [3.63, 3.8) is 0 Å². The van der Waals surface area contributed by atoms with Crippen LogP contribution in [0.4, 0.5) is 13.2 Å². The number of carbonyl (C=O) groups excluding carboxylic acids is 1. The van der Waals surface area contributed by atoms with Gasteiger partial charge in [0.2, 0.25) is 5.41 Å². The number of rotatable bonds is 1. The minimum absolute atomic E-state index is 1.36. The van der Waals surface area contributed by atoms with E-state index in [0.717, 1.165) is 0 Å². The van der Waals surface area contributed by atoms with Gasteiger partial charge in [0, 0.05) is 0 Å². The van der Waals surface area contributed by atoms with Crippen LogP contribution in [0.25, 0.3) is 0 Å². The zero-order valence-corrected chi connectivity index (χ0v) is 6.27. The van der Waals surface area contributed by atoms with Crippen LogP contribution in [0.15, 0.2) is 0 Å². The first kappa shape index (κ1) is 8.68. The van der Waals surface area contributed by atoms with Gasteiger partial charge in [-0.2, -0.15) is 13.2 Å². The second kappa shape index (κ2) is 2.51. The van der Waals surface area contributed by atoms with Crippen LogP contribution in [-0.4, -0.2) is 20.4 Å². The summed E-state index contributed by atoms with van der Waals surface area (Å²) in [4.78, 5) is 10.1. The third kappa shape index (κ3) is 2.64. The third-order valence-electron chi connectivity index (χ3n) is 0.804. The maximum Gasteiger partial charge on any atom is 0.444 e. The van der Waals surface area contributed by atoms with Crippen molar-refractivity contribution < 1.29 is 18.0 Å². The van der Waals surface area contributed by atoms with Gasteiger partial charge in [-0.3, -0.25) is 4.79 Å². The van der Waals surface area contributed by atoms with E-state index < -0.39 is 20.4 Å². The predicted molar refractivity (Wildman–Crippen MR) is 29.9 cm³/mol. The summed E-state index contributed by atoms with van der Waals surface area (Å²) < 4.78 is 34.2. The average molecular weight is 156 g/mol. The van der Waals surface area contributed by atoms with Gasteiger partial charge < -0.3 is 0 Å². The van der Waals surface area contributed by atoms with E-state index in [-0.39, 0.29) is 0 Å². The van der Waals surface area contributed by atoms with Crippen LogP contribution < -0.4 is 0 Å². The minimum atomic E-state index is -4.60. The molecule has 0 saturated carbocycles. The molecular weight excluding hydrogens is 149 g/mol. The number of alkyl halides is 3. The summed E-state index contributed by atoms with van der Waals surface area (Å²) in [7, 11) is -2.15. The average Bonchev–Trinajstić information content (AvgIpc) is 1.62. The Balaban J connectivity index is 4.06. The van der Waals surface area contributed by atoms with Crippen molar-refractivity contribution in [2.24, 2.45) is 0 Å². The number of hydrogen-bond donors (Lipinski definition) is 0. The molecule has 0 amide bonds. The van der Waals surface area contributed by atoms with E-state index in [4.69, 9.17) is 0 Å². The SMILES string of the molecule is C[SiH](C)C(=O)C(F)(F)F. The molecule has 0 rings (SSSR count). The molecule has 0 unspecified atom stereocenters. The molecule has 0 fully saturated rings. The van der Waals surface area contributed by atoms with Gasteiger partial charge in [-0.05, 0) is 0 Å². The van der Waals surface area contributed by atoms with E-state index in [1.54, 1.807) is 0 Å². The lowest BCUT2D eigenvalue weighted by Crippen LogP contribution is -2.33. The normalized spacial score (nSPS) is 12.2. The zero-order valence-electron chi connectivity index (χ0n) is 5.12. The molecule has 54 valence electrons. The highest BCUT2D eigenvalue weighted by Gasteiger charge is 2.39. The Kier molecular flexibility index (Phi) is 2.42. The van der Waals surface area contributed by atoms with Crippen molar-refractivity contribution in [2.75, 3.05) is 0 Å². The van der Waals surface area contributed by atoms with Crippen LogP contribution in [-0.2, 0) is 4.79 Å². The molecular formula is C4H7F3OSi. The molecule has 1 nitrogen and oxygen atoms in total. The molecule has 0 atom stereocenters. The second-order valence-electron chi connectivity index (χ2n) is 2.02. The van der Waals surface area contributed by atoms with E-state index in [1.165, 1.54) is 13.1 Å². The second-order valence-corrected chi connectivity index (χ2v) is 4.85. The van der Waals surface area contributed by atoms with Crippen molar-refractivity contribution >= 4 is 14.2 Å². The monoisotopic (exact) mass is 156 g/mol. The van der Waals surface area contributed by atoms with Crippen LogP contribution in [0.3, 0.4) is 0 Å². The molecule has 0 aliphatic heterocycles. The Bertz CT molecular complexity index is 117. The molecule has 0 saturated heterocycles. The first-order valence-corrected chi connectivity index (χ1v) is 5.35. The van der Waals surface area contributed by atoms with Crippen LogP contribution in [0.1, 0.15) is 0 Å². The summed E-state index contributed by atoms with van der Waals surface area (Å²) in [6, 6.07) is 0. The number of hydrogen-bond acceptors (Lipinski definition) is 1. The fraction of sp³-hybridized carbons (Fsp3) is 0.750. The van der Waals surface area contributed by atoms with E-state index >= 15 is 0 Å². The fourth-order valence-electron chi connectivity index (χ4n) is 0.327. The van der Waals surface area contributed by atoms with Gasteiger partial charge in [0.1, 0.15) is 8.80 Å². The van der Waals surface area contributed by atoms with Gasteiger partial charge in [0.25, 0.3) is 0 Å². The molecule has 9 heavy (non-hydrogen) atoms. The Hall–Kier alpha value is -0.323. The van der Waals surface area contributed by atoms with Gasteiger partial charge in [-0.25, -0.2) is 0 Å². The summed E-state index contributed by atoms with van der Waals surface area (Å²) in [5, 5.41) is -1.53. The molecule has 0 aromatic rings. The van der Waals surface area contributed by atoms with Crippen LogP contribution >= 0.6 is 0 Å². The van der Waals surface area contributed by atoms with Gasteiger partial charge in [-0.15, -0.1) is 0 Å². The lowest BCUT2D eigenvalue weighted by molar-refractivity contribution is -0.162. The molecule has 0 bridgehead atoms. The quantitative estimate of drug-likeness (QED) is 0.520. The van der Waals surface area contributed by atoms with E-state index in [9.17, 15) is 18.0 Å². The molecule has 0 aliphatic carbocycles. The van der Waals surface area contributed by atoms with Crippen molar-refractivity contribution in [3.8, 4) is 0 Å². The standard InChI is InChI=1S/C4H7F3OSi/c1-9(2)3(8)4(5,6)7/h9H,1-2H3. The summed E-state index contributed by atoms with van der Waals surface area (Å²) in [5.74, 6) is 0. The van der Waals surface area contributed by atoms with E-state index in [0.29, 0.717) is 0 Å². The predicted octanol–water partition coefficient (Wildman–Crippen LogP) is 1.14. The summed E-state index contributed by atoms with van der Waals surface area (Å²) >= 11 is 0. The highest BCUT2D eigenvalue weighted by molar-refractivity contribution is 6.89. The maximum absolute atomic E-state index is 11.4. The third-order valence-corrected chi connectivity index (χ3v) is 2.18. The van der Waals surface area contributed by atoms with Crippen LogP contribution in [0, 0.1) is 0 Å². The fourth-order valence-corrected chi connectivity index (χ4v) is 0.982. The highest BCUT2D eigenvalue weighted by atomic mass is 28.3. The Labute approximate surface area is 52.5 Å². The molecule has 0 aliphatic rings. The van der Waals surface area contributed by atoms with Gasteiger partial charge in [0.05, 0.1) is 0 Å². The van der Waals surface area contributed by atoms with Crippen molar-refractivity contribution in [2.45, 2.75) is 19.3 Å². The van der Waals surface area contributed by atoms with Crippen molar-refractivity contribution in [3.05, 3.63) is 0 Å². The summed E-state index contributed by atoms with van der Waals surface area (Å²) in [6.45, 7) is 2.71. The first-order valence-electron chi connectivity index (χ1n) is 2.46. The topological polar surface area (TPSA) is 17.1 Å². The van der Waals surface area contributed by atoms with E-state index in [1.807, 2.05) is 0 Å². The molecule has 0 aromatic carbocycles. The number of halogens is 3. The smallest absolute Gasteiger partial charge is 0.296 e. The Morgan fingerprint density at radius 3 is 1.67 bits per heavy atom. The molecule has 5 heteroatoms. The summed E-state index contributed by atoms with van der Waals surface area (Å²) in [6.07, 6.45) is -4.60. The molecule has 0 radical (unpaired) electrons. The zero-order chi connectivity index (χ0) is 7.65. The first-order chi connectivity index (χ1) is 3.85. The molecule has 0 heterocycles. The van der Waals surface area contributed by atoms with Gasteiger partial charge >= 0.3 is 6.18 Å². The largest absolute Gasteiger partial charge is 0.444 e. The van der Waals surface area contributed by atoms with E-state index in [2.05, 4.69) is 0 Å². The van der Waals surface area contributed by atoms with Crippen LogP contribution in [0.5, 0.6) is 0 Å². The molecule has 0 aromatic heterocycles. The lowest BCUT2D eigenvalue weighted by atomic mass is 10.7.